The molecule has 1 fully saturated rings. The van der Waals surface area contributed by atoms with E-state index in [1.807, 2.05) is 24.3 Å². The Morgan fingerprint density at radius 3 is 2.58 bits per heavy atom. The van der Waals surface area contributed by atoms with E-state index in [2.05, 4.69) is 12.2 Å². The lowest BCUT2D eigenvalue weighted by atomic mass is 9.92. The zero-order valence-electron chi connectivity index (χ0n) is 11.4. The van der Waals surface area contributed by atoms with Gasteiger partial charge in [-0.25, -0.2) is 0 Å². The molecule has 1 aromatic carbocycles. The van der Waals surface area contributed by atoms with Crippen LogP contribution in [0.3, 0.4) is 0 Å². The summed E-state index contributed by atoms with van der Waals surface area (Å²) < 4.78 is 5.29. The van der Waals surface area contributed by atoms with E-state index in [4.69, 9.17) is 10.5 Å². The molecule has 1 unspecified atom stereocenters. The van der Waals surface area contributed by atoms with E-state index < -0.39 is 6.04 Å². The van der Waals surface area contributed by atoms with Gasteiger partial charge in [0.05, 0.1) is 6.04 Å². The Morgan fingerprint density at radius 2 is 2.00 bits per heavy atom. The molecule has 3 N–H and O–H groups in total. The summed E-state index contributed by atoms with van der Waals surface area (Å²) in [5, 5.41) is 2.89. The summed E-state index contributed by atoms with van der Waals surface area (Å²) in [7, 11) is 0. The minimum absolute atomic E-state index is 0.101. The lowest BCUT2D eigenvalue weighted by molar-refractivity contribution is -0.119. The molecule has 0 aromatic heterocycles. The molecule has 1 atom stereocenters. The maximum Gasteiger partial charge on any atom is 0.241 e. The molecule has 1 aromatic rings. The molecule has 2 rings (SSSR count). The molecule has 0 spiro atoms. The number of benzene rings is 1. The second-order valence-electron chi connectivity index (χ2n) is 5.02. The number of ether oxygens (including phenoxy) is 1. The Hall–Kier alpha value is -1.39. The Morgan fingerprint density at radius 1 is 1.37 bits per heavy atom. The first kappa shape index (κ1) is 14.0. The summed E-state index contributed by atoms with van der Waals surface area (Å²) in [4.78, 5) is 12.1. The highest BCUT2D eigenvalue weighted by molar-refractivity contribution is 5.94. The van der Waals surface area contributed by atoms with Crippen molar-refractivity contribution in [2.45, 2.75) is 32.2 Å². The third-order valence-corrected chi connectivity index (χ3v) is 3.71. The summed E-state index contributed by atoms with van der Waals surface area (Å²) >= 11 is 0. The van der Waals surface area contributed by atoms with E-state index in [1.54, 1.807) is 0 Å². The second-order valence-corrected chi connectivity index (χ2v) is 5.02. The Labute approximate surface area is 114 Å². The van der Waals surface area contributed by atoms with Gasteiger partial charge in [-0.05, 0) is 42.9 Å². The number of aryl methyl sites for hydroxylation is 1. The molecule has 4 nitrogen and oxygen atoms in total. The first-order valence-electron chi connectivity index (χ1n) is 6.94. The number of anilines is 1. The molecule has 1 saturated heterocycles. The zero-order chi connectivity index (χ0) is 13.7. The Bertz CT molecular complexity index is 411. The van der Waals surface area contributed by atoms with Crippen molar-refractivity contribution in [2.75, 3.05) is 18.5 Å². The van der Waals surface area contributed by atoms with Gasteiger partial charge in [0.15, 0.2) is 0 Å². The van der Waals surface area contributed by atoms with E-state index in [-0.39, 0.29) is 11.8 Å². The largest absolute Gasteiger partial charge is 0.381 e. The molecule has 1 amide bonds. The molecular weight excluding hydrogens is 240 g/mol. The lowest BCUT2D eigenvalue weighted by Gasteiger charge is -2.26. The van der Waals surface area contributed by atoms with Gasteiger partial charge in [-0.2, -0.15) is 0 Å². The first-order valence-corrected chi connectivity index (χ1v) is 6.94. The Balaban J connectivity index is 1.91. The molecule has 0 saturated carbocycles. The van der Waals surface area contributed by atoms with Crippen LogP contribution in [0.2, 0.25) is 0 Å². The molecule has 19 heavy (non-hydrogen) atoms. The number of rotatable bonds is 4. The van der Waals surface area contributed by atoms with Gasteiger partial charge in [-0.1, -0.05) is 19.1 Å². The monoisotopic (exact) mass is 262 g/mol. The van der Waals surface area contributed by atoms with Gasteiger partial charge in [-0.3, -0.25) is 4.79 Å². The van der Waals surface area contributed by atoms with Crippen LogP contribution in [0.15, 0.2) is 24.3 Å². The highest BCUT2D eigenvalue weighted by Gasteiger charge is 2.26. The van der Waals surface area contributed by atoms with Gasteiger partial charge >= 0.3 is 0 Å². The van der Waals surface area contributed by atoms with E-state index in [0.29, 0.717) is 13.2 Å². The van der Waals surface area contributed by atoms with E-state index in [9.17, 15) is 4.79 Å². The van der Waals surface area contributed by atoms with Crippen LogP contribution in [0.4, 0.5) is 5.69 Å². The van der Waals surface area contributed by atoms with Crippen molar-refractivity contribution in [3.8, 4) is 0 Å². The third kappa shape index (κ3) is 3.78. The average molecular weight is 262 g/mol. The molecule has 104 valence electrons. The maximum absolute atomic E-state index is 12.1. The van der Waals surface area contributed by atoms with Crippen LogP contribution < -0.4 is 11.1 Å². The number of nitrogens with two attached hydrogens (primary N) is 1. The van der Waals surface area contributed by atoms with Crippen molar-refractivity contribution < 1.29 is 9.53 Å². The first-order chi connectivity index (χ1) is 9.20. The molecule has 1 aliphatic rings. The normalized spacial score (nSPS) is 18.0. The number of hydrogen-bond donors (Lipinski definition) is 2. The fourth-order valence-electron chi connectivity index (χ4n) is 2.34. The summed E-state index contributed by atoms with van der Waals surface area (Å²) in [6, 6.07) is 7.45. The van der Waals surface area contributed by atoms with Gasteiger partial charge in [0.25, 0.3) is 0 Å². The summed E-state index contributed by atoms with van der Waals surface area (Å²) in [6.45, 7) is 3.52. The highest BCUT2D eigenvalue weighted by atomic mass is 16.5. The standard InChI is InChI=1S/C15H22N2O2/c1-2-11-3-5-13(6-4-11)17-15(18)14(16)12-7-9-19-10-8-12/h3-6,12,14H,2,7-10,16H2,1H3,(H,17,18). The van der Waals surface area contributed by atoms with Gasteiger partial charge in [0, 0.05) is 18.9 Å². The van der Waals surface area contributed by atoms with E-state index >= 15 is 0 Å². The second kappa shape index (κ2) is 6.68. The van der Waals surface area contributed by atoms with Crippen molar-refractivity contribution in [1.29, 1.82) is 0 Å². The molecule has 4 heteroatoms. The molecule has 0 bridgehead atoms. The van der Waals surface area contributed by atoms with Gasteiger partial charge in [0.1, 0.15) is 0 Å². The Kier molecular flexibility index (Phi) is 4.93. The van der Waals surface area contributed by atoms with Crippen LogP contribution in [0.5, 0.6) is 0 Å². The number of carbonyl (C=O) groups is 1. The van der Waals surface area contributed by atoms with E-state index in [1.165, 1.54) is 5.56 Å². The highest BCUT2D eigenvalue weighted by Crippen LogP contribution is 2.19. The van der Waals surface area contributed by atoms with Crippen molar-refractivity contribution in [1.82, 2.24) is 0 Å². The smallest absolute Gasteiger partial charge is 0.241 e. The predicted octanol–water partition coefficient (Wildman–Crippen LogP) is 1.94. The number of hydrogen-bond acceptors (Lipinski definition) is 3. The number of nitrogens with one attached hydrogen (secondary N) is 1. The average Bonchev–Trinajstić information content (AvgIpc) is 2.48. The van der Waals surface area contributed by atoms with Gasteiger partial charge in [0.2, 0.25) is 5.91 Å². The van der Waals surface area contributed by atoms with Crippen LogP contribution in [-0.2, 0) is 16.0 Å². The number of amides is 1. The van der Waals surface area contributed by atoms with Crippen LogP contribution in [0.25, 0.3) is 0 Å². The fraction of sp³-hybridized carbons (Fsp3) is 0.533. The van der Waals surface area contributed by atoms with Crippen molar-refractivity contribution in [2.24, 2.45) is 11.7 Å². The minimum Gasteiger partial charge on any atom is -0.381 e. The summed E-state index contributed by atoms with van der Waals surface area (Å²) in [5.41, 5.74) is 8.09. The maximum atomic E-state index is 12.1. The van der Waals surface area contributed by atoms with Gasteiger partial charge in [-0.15, -0.1) is 0 Å². The van der Waals surface area contributed by atoms with Crippen LogP contribution in [0.1, 0.15) is 25.3 Å². The lowest BCUT2D eigenvalue weighted by Crippen LogP contribution is -2.43. The molecule has 0 aliphatic carbocycles. The topological polar surface area (TPSA) is 64.4 Å². The van der Waals surface area contributed by atoms with E-state index in [0.717, 1.165) is 24.9 Å². The van der Waals surface area contributed by atoms with Crippen molar-refractivity contribution in [3.63, 3.8) is 0 Å². The quantitative estimate of drug-likeness (QED) is 0.871. The van der Waals surface area contributed by atoms with Gasteiger partial charge < -0.3 is 15.8 Å². The van der Waals surface area contributed by atoms with Crippen molar-refractivity contribution in [3.05, 3.63) is 29.8 Å². The molecule has 1 aliphatic heterocycles. The third-order valence-electron chi connectivity index (χ3n) is 3.71. The zero-order valence-corrected chi connectivity index (χ0v) is 11.4. The van der Waals surface area contributed by atoms with Crippen LogP contribution >= 0.6 is 0 Å². The molecular formula is C15H22N2O2. The SMILES string of the molecule is CCc1ccc(NC(=O)C(N)C2CCOCC2)cc1. The van der Waals surface area contributed by atoms with Crippen molar-refractivity contribution >= 4 is 11.6 Å². The molecule has 1 heterocycles. The number of carbonyl (C=O) groups excluding carboxylic acids is 1. The molecule has 0 radical (unpaired) electrons. The van der Waals surface area contributed by atoms with Crippen LogP contribution in [0, 0.1) is 5.92 Å². The minimum atomic E-state index is -0.449. The fourth-order valence-corrected chi connectivity index (χ4v) is 2.34. The summed E-state index contributed by atoms with van der Waals surface area (Å²) in [6.07, 6.45) is 2.72. The summed E-state index contributed by atoms with van der Waals surface area (Å²) in [5.74, 6) is 0.125. The van der Waals surface area contributed by atoms with Crippen LogP contribution in [-0.4, -0.2) is 25.2 Å². The predicted molar refractivity (Wildman–Crippen MR) is 76.0 cm³/mol.